The zero-order chi connectivity index (χ0) is 14.9. The average molecular weight is 302 g/mol. The van der Waals surface area contributed by atoms with Gasteiger partial charge in [0.1, 0.15) is 5.82 Å². The van der Waals surface area contributed by atoms with Gasteiger partial charge in [0.2, 0.25) is 10.0 Å². The molecule has 0 bridgehead atoms. The number of ether oxygens (including phenoxy) is 1. The number of sulfonamides is 1. The maximum Gasteiger partial charge on any atom is 0.243 e. The number of morpholine rings is 1. The molecule has 2 unspecified atom stereocenters. The minimum absolute atomic E-state index is 0.0374. The third-order valence-electron chi connectivity index (χ3n) is 3.39. The van der Waals surface area contributed by atoms with Gasteiger partial charge in [0.25, 0.3) is 0 Å². The number of benzene rings is 1. The van der Waals surface area contributed by atoms with Gasteiger partial charge in [-0.05, 0) is 32.0 Å². The van der Waals surface area contributed by atoms with Crippen LogP contribution in [0.5, 0.6) is 0 Å². The van der Waals surface area contributed by atoms with E-state index in [4.69, 9.17) is 10.5 Å². The van der Waals surface area contributed by atoms with Crippen LogP contribution in [0.2, 0.25) is 0 Å². The van der Waals surface area contributed by atoms with Gasteiger partial charge in [-0.1, -0.05) is 0 Å². The van der Waals surface area contributed by atoms with E-state index in [2.05, 4.69) is 0 Å². The van der Waals surface area contributed by atoms with Crippen LogP contribution in [-0.2, 0) is 21.3 Å². The molecular weight excluding hydrogens is 283 g/mol. The van der Waals surface area contributed by atoms with E-state index in [1.54, 1.807) is 6.92 Å². The maximum absolute atomic E-state index is 13.4. The number of halogens is 1. The fraction of sp³-hybridized carbons (Fsp3) is 0.538. The molecule has 2 rings (SSSR count). The monoisotopic (exact) mass is 302 g/mol. The Balaban J connectivity index is 2.39. The van der Waals surface area contributed by atoms with Gasteiger partial charge in [0.05, 0.1) is 17.6 Å². The Hall–Kier alpha value is -1.02. The molecule has 1 saturated heterocycles. The van der Waals surface area contributed by atoms with E-state index < -0.39 is 15.8 Å². The molecule has 0 spiro atoms. The van der Waals surface area contributed by atoms with Crippen LogP contribution in [0, 0.1) is 5.82 Å². The van der Waals surface area contributed by atoms with E-state index in [0.29, 0.717) is 13.2 Å². The van der Waals surface area contributed by atoms with Gasteiger partial charge in [0, 0.05) is 24.7 Å². The van der Waals surface area contributed by atoms with Crippen LogP contribution in [0.15, 0.2) is 23.1 Å². The van der Waals surface area contributed by atoms with Crippen molar-refractivity contribution in [3.63, 3.8) is 0 Å². The average Bonchev–Trinajstić information content (AvgIpc) is 2.41. The molecule has 2 N–H and O–H groups in total. The summed E-state index contributed by atoms with van der Waals surface area (Å²) in [5, 5.41) is 0. The standard InChI is InChI=1S/C13H19FN2O3S/c1-9-8-19-10(2)7-16(9)20(17,18)12-3-4-13(14)11(5-12)6-15/h3-5,9-10H,6-8,15H2,1-2H3. The number of hydrogen-bond donors (Lipinski definition) is 1. The van der Waals surface area contributed by atoms with Crippen molar-refractivity contribution in [1.29, 1.82) is 0 Å². The minimum atomic E-state index is -3.66. The second-order valence-corrected chi connectivity index (χ2v) is 6.92. The Bertz CT molecular complexity index is 591. The summed E-state index contributed by atoms with van der Waals surface area (Å²) < 4.78 is 45.5. The molecule has 7 heteroatoms. The Kier molecular flexibility index (Phi) is 4.43. The highest BCUT2D eigenvalue weighted by atomic mass is 32.2. The summed E-state index contributed by atoms with van der Waals surface area (Å²) >= 11 is 0. The number of nitrogens with zero attached hydrogens (tertiary/aromatic N) is 1. The quantitative estimate of drug-likeness (QED) is 0.907. The van der Waals surface area contributed by atoms with Crippen LogP contribution in [0.3, 0.4) is 0 Å². The second-order valence-electron chi connectivity index (χ2n) is 5.03. The van der Waals surface area contributed by atoms with Gasteiger partial charge in [-0.3, -0.25) is 0 Å². The molecule has 1 fully saturated rings. The first-order valence-electron chi connectivity index (χ1n) is 6.48. The second kappa shape index (κ2) is 5.77. The zero-order valence-corrected chi connectivity index (χ0v) is 12.4. The molecule has 0 amide bonds. The van der Waals surface area contributed by atoms with E-state index >= 15 is 0 Å². The van der Waals surface area contributed by atoms with Crippen molar-refractivity contribution >= 4 is 10.0 Å². The fourth-order valence-electron chi connectivity index (χ4n) is 2.21. The maximum atomic E-state index is 13.4. The van der Waals surface area contributed by atoms with E-state index in [1.807, 2.05) is 6.92 Å². The Morgan fingerprint density at radius 2 is 2.15 bits per heavy atom. The summed E-state index contributed by atoms with van der Waals surface area (Å²) in [6.07, 6.45) is -0.157. The highest BCUT2D eigenvalue weighted by Crippen LogP contribution is 2.24. The Morgan fingerprint density at radius 1 is 1.45 bits per heavy atom. The highest BCUT2D eigenvalue weighted by molar-refractivity contribution is 7.89. The predicted octanol–water partition coefficient (Wildman–Crippen LogP) is 1.08. The molecule has 0 aromatic heterocycles. The van der Waals surface area contributed by atoms with E-state index in [1.165, 1.54) is 16.4 Å². The Morgan fingerprint density at radius 3 is 2.80 bits per heavy atom. The third-order valence-corrected chi connectivity index (χ3v) is 5.37. The molecule has 0 radical (unpaired) electrons. The zero-order valence-electron chi connectivity index (χ0n) is 11.5. The first-order valence-corrected chi connectivity index (χ1v) is 7.92. The SMILES string of the molecule is CC1CN(S(=O)(=O)c2ccc(F)c(CN)c2)C(C)CO1. The summed E-state index contributed by atoms with van der Waals surface area (Å²) in [5.74, 6) is -0.491. The van der Waals surface area contributed by atoms with Gasteiger partial charge in [0.15, 0.2) is 0 Å². The summed E-state index contributed by atoms with van der Waals surface area (Å²) in [5.41, 5.74) is 5.62. The first kappa shape index (κ1) is 15.4. The molecule has 1 aliphatic rings. The lowest BCUT2D eigenvalue weighted by atomic mass is 10.2. The molecule has 1 aromatic carbocycles. The van der Waals surface area contributed by atoms with E-state index in [-0.39, 0.29) is 29.1 Å². The molecule has 20 heavy (non-hydrogen) atoms. The minimum Gasteiger partial charge on any atom is -0.375 e. The summed E-state index contributed by atoms with van der Waals surface area (Å²) in [7, 11) is -3.66. The fourth-order valence-corrected chi connectivity index (χ4v) is 3.95. The molecular formula is C13H19FN2O3S. The lowest BCUT2D eigenvalue weighted by Gasteiger charge is -2.35. The molecule has 0 aliphatic carbocycles. The molecule has 5 nitrogen and oxygen atoms in total. The number of nitrogens with two attached hydrogens (primary N) is 1. The van der Waals surface area contributed by atoms with Crippen LogP contribution >= 0.6 is 0 Å². The molecule has 112 valence electrons. The van der Waals surface area contributed by atoms with Crippen LogP contribution in [0.1, 0.15) is 19.4 Å². The number of hydrogen-bond acceptors (Lipinski definition) is 4. The predicted molar refractivity (Wildman–Crippen MR) is 73.1 cm³/mol. The van der Waals surface area contributed by atoms with Crippen LogP contribution in [-0.4, -0.2) is 38.0 Å². The molecule has 2 atom stereocenters. The van der Waals surface area contributed by atoms with Crippen molar-refractivity contribution in [2.75, 3.05) is 13.2 Å². The smallest absolute Gasteiger partial charge is 0.243 e. The van der Waals surface area contributed by atoms with Crippen molar-refractivity contribution in [3.05, 3.63) is 29.6 Å². The Labute approximate surface area is 118 Å². The first-order chi connectivity index (χ1) is 9.36. The van der Waals surface area contributed by atoms with Crippen LogP contribution < -0.4 is 5.73 Å². The highest BCUT2D eigenvalue weighted by Gasteiger charge is 2.34. The van der Waals surface area contributed by atoms with E-state index in [9.17, 15) is 12.8 Å². The van der Waals surface area contributed by atoms with Crippen LogP contribution in [0.25, 0.3) is 0 Å². The summed E-state index contributed by atoms with van der Waals surface area (Å²) in [4.78, 5) is 0.0697. The van der Waals surface area contributed by atoms with Gasteiger partial charge in [-0.2, -0.15) is 4.31 Å². The van der Waals surface area contributed by atoms with Gasteiger partial charge >= 0.3 is 0 Å². The van der Waals surface area contributed by atoms with Crippen molar-refractivity contribution in [3.8, 4) is 0 Å². The molecule has 1 heterocycles. The molecule has 1 aromatic rings. The molecule has 0 saturated carbocycles. The lowest BCUT2D eigenvalue weighted by Crippen LogP contribution is -2.50. The van der Waals surface area contributed by atoms with Gasteiger partial charge in [-0.25, -0.2) is 12.8 Å². The van der Waals surface area contributed by atoms with E-state index in [0.717, 1.165) is 6.07 Å². The molecule has 1 aliphatic heterocycles. The largest absolute Gasteiger partial charge is 0.375 e. The lowest BCUT2D eigenvalue weighted by molar-refractivity contribution is -0.0170. The van der Waals surface area contributed by atoms with Crippen LogP contribution in [0.4, 0.5) is 4.39 Å². The van der Waals surface area contributed by atoms with Gasteiger partial charge in [-0.15, -0.1) is 0 Å². The summed E-state index contributed by atoms with van der Waals surface area (Å²) in [6.45, 7) is 4.22. The van der Waals surface area contributed by atoms with Crippen molar-refractivity contribution in [1.82, 2.24) is 4.31 Å². The normalized spacial score (nSPS) is 24.8. The topological polar surface area (TPSA) is 72.6 Å². The third kappa shape index (κ3) is 2.85. The number of rotatable bonds is 3. The van der Waals surface area contributed by atoms with Crippen molar-refractivity contribution in [2.45, 2.75) is 37.4 Å². The summed E-state index contributed by atoms with van der Waals surface area (Å²) in [6, 6.07) is 3.47. The van der Waals surface area contributed by atoms with Gasteiger partial charge < -0.3 is 10.5 Å². The van der Waals surface area contributed by atoms with Crippen molar-refractivity contribution in [2.24, 2.45) is 5.73 Å². The van der Waals surface area contributed by atoms with Crippen molar-refractivity contribution < 1.29 is 17.5 Å².